The normalized spacial score (nSPS) is 22.3. The minimum Gasteiger partial charge on any atom is -0.339 e. The molecule has 1 fully saturated rings. The van der Waals surface area contributed by atoms with Gasteiger partial charge in [-0.3, -0.25) is 0 Å². The summed E-state index contributed by atoms with van der Waals surface area (Å²) in [5.74, 6) is 3.23. The molecule has 106 valence electrons. The van der Waals surface area contributed by atoms with E-state index in [1.54, 1.807) is 12.1 Å². The molecule has 1 aromatic carbocycles. The van der Waals surface area contributed by atoms with Gasteiger partial charge in [0.2, 0.25) is 5.89 Å². The van der Waals surface area contributed by atoms with Crippen LogP contribution in [0.15, 0.2) is 28.8 Å². The molecule has 2 atom stereocenters. The molecule has 6 heteroatoms. The van der Waals surface area contributed by atoms with Crippen LogP contribution in [0.25, 0.3) is 0 Å². The first-order valence-corrected chi connectivity index (χ1v) is 7.74. The van der Waals surface area contributed by atoms with E-state index in [9.17, 15) is 4.39 Å². The number of rotatable bonds is 4. The maximum atomic E-state index is 13.6. The lowest BCUT2D eigenvalue weighted by Crippen LogP contribution is -2.31. The highest BCUT2D eigenvalue weighted by Crippen LogP contribution is 2.31. The van der Waals surface area contributed by atoms with Gasteiger partial charge in [-0.1, -0.05) is 23.4 Å². The van der Waals surface area contributed by atoms with Gasteiger partial charge in [-0.2, -0.15) is 16.7 Å². The van der Waals surface area contributed by atoms with Crippen LogP contribution in [0.1, 0.15) is 23.2 Å². The van der Waals surface area contributed by atoms with Gasteiger partial charge >= 0.3 is 0 Å². The number of nitrogens with one attached hydrogen (secondary N) is 1. The maximum absolute atomic E-state index is 13.6. The third-order valence-corrected chi connectivity index (χ3v) is 4.75. The molecule has 1 aliphatic rings. The van der Waals surface area contributed by atoms with Crippen molar-refractivity contribution >= 4 is 11.8 Å². The Bertz CT molecular complexity index is 589. The molecule has 1 N–H and O–H groups in total. The van der Waals surface area contributed by atoms with Crippen molar-refractivity contribution in [3.8, 4) is 0 Å². The first kappa shape index (κ1) is 13.6. The van der Waals surface area contributed by atoms with Gasteiger partial charge in [-0.15, -0.1) is 0 Å². The molecule has 1 aromatic heterocycles. The Morgan fingerprint density at radius 3 is 3.05 bits per heavy atom. The summed E-state index contributed by atoms with van der Waals surface area (Å²) in [6, 6.07) is 7.04. The van der Waals surface area contributed by atoms with Crippen molar-refractivity contribution in [2.24, 2.45) is 0 Å². The molecule has 0 saturated carbocycles. The van der Waals surface area contributed by atoms with E-state index in [1.807, 2.05) is 24.9 Å². The molecule has 0 spiro atoms. The maximum Gasteiger partial charge on any atom is 0.232 e. The fourth-order valence-electron chi connectivity index (χ4n) is 2.38. The summed E-state index contributed by atoms with van der Waals surface area (Å²) in [4.78, 5) is 4.43. The van der Waals surface area contributed by atoms with Crippen LogP contribution >= 0.6 is 11.8 Å². The second-order valence-corrected chi connectivity index (χ2v) is 5.93. The summed E-state index contributed by atoms with van der Waals surface area (Å²) in [6.07, 6.45) is 0.361. The first-order chi connectivity index (χ1) is 9.78. The first-order valence-electron chi connectivity index (χ1n) is 6.59. The monoisotopic (exact) mass is 293 g/mol. The molecule has 3 rings (SSSR count). The van der Waals surface area contributed by atoms with Gasteiger partial charge in [0, 0.05) is 24.0 Å². The summed E-state index contributed by atoms with van der Waals surface area (Å²) < 4.78 is 19.0. The summed E-state index contributed by atoms with van der Waals surface area (Å²) in [7, 11) is 1.94. The molecular formula is C14H16FN3OS. The second-order valence-electron chi connectivity index (χ2n) is 4.86. The van der Waals surface area contributed by atoms with Crippen LogP contribution in [-0.4, -0.2) is 34.7 Å². The van der Waals surface area contributed by atoms with Gasteiger partial charge in [-0.05, 0) is 18.7 Å². The average Bonchev–Trinajstić information content (AvgIpc) is 3.09. The smallest absolute Gasteiger partial charge is 0.232 e. The molecule has 20 heavy (non-hydrogen) atoms. The molecule has 2 aromatic rings. The van der Waals surface area contributed by atoms with Crippen molar-refractivity contribution in [1.82, 2.24) is 15.5 Å². The van der Waals surface area contributed by atoms with E-state index in [1.165, 1.54) is 6.07 Å². The molecule has 1 saturated heterocycles. The highest BCUT2D eigenvalue weighted by molar-refractivity contribution is 7.99. The summed E-state index contributed by atoms with van der Waals surface area (Å²) in [5.41, 5.74) is 0.589. The minimum absolute atomic E-state index is 0.233. The van der Waals surface area contributed by atoms with Crippen LogP contribution in [0.2, 0.25) is 0 Å². The zero-order valence-corrected chi connectivity index (χ0v) is 12.0. The van der Waals surface area contributed by atoms with E-state index < -0.39 is 0 Å². The Morgan fingerprint density at radius 2 is 2.25 bits per heavy atom. The number of thioether (sulfide) groups is 1. The highest BCUT2D eigenvalue weighted by atomic mass is 32.2. The van der Waals surface area contributed by atoms with E-state index >= 15 is 0 Å². The van der Waals surface area contributed by atoms with Gasteiger partial charge < -0.3 is 9.84 Å². The van der Waals surface area contributed by atoms with Crippen molar-refractivity contribution in [3.63, 3.8) is 0 Å². The van der Waals surface area contributed by atoms with E-state index in [-0.39, 0.29) is 11.7 Å². The molecule has 0 amide bonds. The molecule has 0 aliphatic carbocycles. The molecular weight excluding hydrogens is 277 g/mol. The highest BCUT2D eigenvalue weighted by Gasteiger charge is 2.32. The Labute approximate surface area is 121 Å². The van der Waals surface area contributed by atoms with Crippen LogP contribution in [-0.2, 0) is 6.42 Å². The summed E-state index contributed by atoms with van der Waals surface area (Å²) >= 11 is 1.88. The number of nitrogens with zero attached hydrogens (tertiary/aromatic N) is 2. The van der Waals surface area contributed by atoms with Gasteiger partial charge in [-0.25, -0.2) is 4.39 Å². The van der Waals surface area contributed by atoms with E-state index in [4.69, 9.17) is 4.52 Å². The van der Waals surface area contributed by atoms with Crippen LogP contribution in [0.5, 0.6) is 0 Å². The Morgan fingerprint density at radius 1 is 1.40 bits per heavy atom. The number of benzene rings is 1. The van der Waals surface area contributed by atoms with Crippen molar-refractivity contribution < 1.29 is 8.91 Å². The van der Waals surface area contributed by atoms with Gasteiger partial charge in [0.05, 0.1) is 5.92 Å². The molecule has 1 aliphatic heterocycles. The summed E-state index contributed by atoms with van der Waals surface area (Å²) in [5, 5.41) is 7.25. The molecule has 0 bridgehead atoms. The van der Waals surface area contributed by atoms with E-state index in [0.717, 1.165) is 11.5 Å². The van der Waals surface area contributed by atoms with Crippen LogP contribution in [0, 0.1) is 5.82 Å². The molecule has 2 unspecified atom stereocenters. The zero-order valence-electron chi connectivity index (χ0n) is 11.2. The van der Waals surface area contributed by atoms with Crippen molar-refractivity contribution in [3.05, 3.63) is 47.4 Å². The Hall–Kier alpha value is -1.40. The predicted molar refractivity (Wildman–Crippen MR) is 76.4 cm³/mol. The standard InChI is InChI=1S/C14H16FN3OS/c1-16-12-8-20-7-10(12)14-17-13(18-19-14)6-9-4-2-3-5-11(9)15/h2-5,10,12,16H,6-8H2,1H3. The lowest BCUT2D eigenvalue weighted by atomic mass is 10.0. The van der Waals surface area contributed by atoms with Gasteiger partial charge in [0.15, 0.2) is 5.82 Å². The largest absolute Gasteiger partial charge is 0.339 e. The van der Waals surface area contributed by atoms with Crippen LogP contribution in [0.3, 0.4) is 0 Å². The number of hydrogen-bond donors (Lipinski definition) is 1. The average molecular weight is 293 g/mol. The topological polar surface area (TPSA) is 51.0 Å². The van der Waals surface area contributed by atoms with Gasteiger partial charge in [0.25, 0.3) is 0 Å². The third-order valence-electron chi connectivity index (χ3n) is 3.56. The molecule has 4 nitrogen and oxygen atoms in total. The van der Waals surface area contributed by atoms with Crippen molar-refractivity contribution in [2.45, 2.75) is 18.4 Å². The van der Waals surface area contributed by atoms with Crippen molar-refractivity contribution in [2.75, 3.05) is 18.6 Å². The SMILES string of the molecule is CNC1CSCC1c1nc(Cc2ccccc2F)no1. The lowest BCUT2D eigenvalue weighted by Gasteiger charge is -2.13. The quantitative estimate of drug-likeness (QED) is 0.936. The number of halogens is 1. The molecule has 2 heterocycles. The van der Waals surface area contributed by atoms with Crippen LogP contribution < -0.4 is 5.32 Å². The second kappa shape index (κ2) is 5.93. The Balaban J connectivity index is 1.76. The lowest BCUT2D eigenvalue weighted by molar-refractivity contribution is 0.340. The van der Waals surface area contributed by atoms with Gasteiger partial charge in [0.1, 0.15) is 5.82 Å². The number of hydrogen-bond acceptors (Lipinski definition) is 5. The van der Waals surface area contributed by atoms with E-state index in [2.05, 4.69) is 15.5 Å². The summed E-state index contributed by atoms with van der Waals surface area (Å²) in [6.45, 7) is 0. The third kappa shape index (κ3) is 2.71. The number of likely N-dealkylation sites (N-methyl/N-ethyl adjacent to an activating group) is 1. The van der Waals surface area contributed by atoms with Crippen molar-refractivity contribution in [1.29, 1.82) is 0 Å². The van der Waals surface area contributed by atoms with Crippen LogP contribution in [0.4, 0.5) is 4.39 Å². The van der Waals surface area contributed by atoms with E-state index in [0.29, 0.717) is 29.7 Å². The Kier molecular flexibility index (Phi) is 4.03. The zero-order chi connectivity index (χ0) is 13.9. The fraction of sp³-hybridized carbons (Fsp3) is 0.429. The molecule has 0 radical (unpaired) electrons. The predicted octanol–water partition coefficient (Wildman–Crippen LogP) is 2.22. The minimum atomic E-state index is -0.233. The number of aromatic nitrogens is 2. The fourth-order valence-corrected chi connectivity index (χ4v) is 3.80.